The molecule has 3 rings (SSSR count). The number of nitrogens with one attached hydrogen (secondary N) is 2. The number of nitrogens with zero attached hydrogens (tertiary/aromatic N) is 1. The third kappa shape index (κ3) is 3.07. The zero-order valence-electron chi connectivity index (χ0n) is 11.9. The first-order valence-electron chi connectivity index (χ1n) is 7.40. The van der Waals surface area contributed by atoms with Gasteiger partial charge in [0.2, 0.25) is 0 Å². The Balaban J connectivity index is 1.81. The van der Waals surface area contributed by atoms with Gasteiger partial charge in [-0.2, -0.15) is 5.10 Å². The lowest BCUT2D eigenvalue weighted by molar-refractivity contribution is 0.102. The molecular weight excluding hydrogens is 266 g/mol. The van der Waals surface area contributed by atoms with Gasteiger partial charge in [0, 0.05) is 23.0 Å². The maximum Gasteiger partial charge on any atom is 0.276 e. The summed E-state index contributed by atoms with van der Waals surface area (Å²) < 4.78 is 0. The molecule has 0 aliphatic heterocycles. The number of aromatic hydroxyl groups is 1. The normalized spacial score (nSPS) is 14.9. The van der Waals surface area contributed by atoms with E-state index < -0.39 is 0 Å². The summed E-state index contributed by atoms with van der Waals surface area (Å²) in [5.41, 5.74) is 3.20. The molecule has 0 fully saturated rings. The van der Waals surface area contributed by atoms with Crippen molar-refractivity contribution in [3.05, 3.63) is 41.2 Å². The van der Waals surface area contributed by atoms with Crippen molar-refractivity contribution in [1.29, 1.82) is 0 Å². The molecule has 0 bridgehead atoms. The number of hydrogen-bond acceptors (Lipinski definition) is 3. The number of benzene rings is 1. The highest BCUT2D eigenvalue weighted by Gasteiger charge is 2.20. The number of amides is 1. The minimum atomic E-state index is -0.223. The van der Waals surface area contributed by atoms with Crippen LogP contribution in [0.4, 0.5) is 5.69 Å². The Morgan fingerprint density at radius 3 is 2.81 bits per heavy atom. The van der Waals surface area contributed by atoms with Crippen LogP contribution in [0.1, 0.15) is 47.4 Å². The van der Waals surface area contributed by atoms with Gasteiger partial charge in [0.15, 0.2) is 5.69 Å². The van der Waals surface area contributed by atoms with Crippen molar-refractivity contribution < 1.29 is 9.90 Å². The maximum absolute atomic E-state index is 12.4. The molecule has 21 heavy (non-hydrogen) atoms. The van der Waals surface area contributed by atoms with Crippen LogP contribution in [0.3, 0.4) is 0 Å². The fourth-order valence-corrected chi connectivity index (χ4v) is 2.80. The number of phenolic OH excluding ortho intramolecular Hbond substituents is 1. The molecule has 110 valence electrons. The van der Waals surface area contributed by atoms with E-state index in [9.17, 15) is 9.90 Å². The van der Waals surface area contributed by atoms with Gasteiger partial charge in [-0.05, 0) is 37.8 Å². The van der Waals surface area contributed by atoms with Gasteiger partial charge >= 0.3 is 0 Å². The van der Waals surface area contributed by atoms with Gasteiger partial charge < -0.3 is 10.4 Å². The molecule has 0 radical (unpaired) electrons. The fourth-order valence-electron chi connectivity index (χ4n) is 2.80. The van der Waals surface area contributed by atoms with E-state index in [1.807, 2.05) is 0 Å². The van der Waals surface area contributed by atoms with Crippen molar-refractivity contribution in [3.8, 4) is 5.75 Å². The summed E-state index contributed by atoms with van der Waals surface area (Å²) in [6, 6.07) is 6.53. The molecule has 1 amide bonds. The predicted molar refractivity (Wildman–Crippen MR) is 80.5 cm³/mol. The number of carbonyl (C=O) groups is 1. The van der Waals surface area contributed by atoms with Crippen LogP contribution in [0.15, 0.2) is 24.3 Å². The molecular formula is C16H19N3O2. The van der Waals surface area contributed by atoms with Crippen molar-refractivity contribution in [2.75, 3.05) is 5.32 Å². The molecule has 5 heteroatoms. The lowest BCUT2D eigenvalue weighted by atomic mass is 9.97. The van der Waals surface area contributed by atoms with Gasteiger partial charge in [0.25, 0.3) is 5.91 Å². The van der Waals surface area contributed by atoms with Gasteiger partial charge in [0.05, 0.1) is 0 Å². The minimum absolute atomic E-state index is 0.130. The largest absolute Gasteiger partial charge is 0.508 e. The molecule has 2 aromatic rings. The van der Waals surface area contributed by atoms with Crippen LogP contribution in [-0.4, -0.2) is 21.2 Å². The average Bonchev–Trinajstić information content (AvgIpc) is 2.80. The first-order valence-corrected chi connectivity index (χ1v) is 7.40. The maximum atomic E-state index is 12.4. The van der Waals surface area contributed by atoms with Crippen LogP contribution in [0.2, 0.25) is 0 Å². The Morgan fingerprint density at radius 1 is 1.19 bits per heavy atom. The van der Waals surface area contributed by atoms with E-state index in [0.717, 1.165) is 36.9 Å². The van der Waals surface area contributed by atoms with Crippen LogP contribution in [-0.2, 0) is 12.8 Å². The highest BCUT2D eigenvalue weighted by Crippen LogP contribution is 2.22. The van der Waals surface area contributed by atoms with E-state index >= 15 is 0 Å². The third-order valence-electron chi connectivity index (χ3n) is 3.88. The molecule has 1 aromatic carbocycles. The molecule has 1 aliphatic carbocycles. The molecule has 5 nitrogen and oxygen atoms in total. The van der Waals surface area contributed by atoms with Crippen molar-refractivity contribution in [1.82, 2.24) is 10.2 Å². The van der Waals surface area contributed by atoms with Crippen LogP contribution < -0.4 is 5.32 Å². The molecule has 1 heterocycles. The standard InChI is InChI=1S/C16H19N3O2/c20-12-7-5-6-11(10-12)17-16(21)15-13-8-3-1-2-4-9-14(13)18-19-15/h5-7,10,20H,1-4,8-9H2,(H,17,21)(H,18,19). The second kappa shape index (κ2) is 5.99. The molecule has 0 atom stereocenters. The summed E-state index contributed by atoms with van der Waals surface area (Å²) in [7, 11) is 0. The number of rotatable bonds is 2. The number of hydrogen-bond donors (Lipinski definition) is 3. The summed E-state index contributed by atoms with van der Waals surface area (Å²) >= 11 is 0. The van der Waals surface area contributed by atoms with E-state index in [-0.39, 0.29) is 11.7 Å². The number of H-pyrrole nitrogens is 1. The fraction of sp³-hybridized carbons (Fsp3) is 0.375. The zero-order valence-corrected chi connectivity index (χ0v) is 11.9. The summed E-state index contributed by atoms with van der Waals surface area (Å²) in [5.74, 6) is -0.0937. The number of fused-ring (bicyclic) bond motifs is 1. The highest BCUT2D eigenvalue weighted by molar-refractivity contribution is 6.04. The number of phenols is 1. The van der Waals surface area contributed by atoms with Crippen LogP contribution >= 0.6 is 0 Å². The topological polar surface area (TPSA) is 78.0 Å². The molecule has 0 spiro atoms. The zero-order chi connectivity index (χ0) is 14.7. The Kier molecular flexibility index (Phi) is 3.90. The second-order valence-corrected chi connectivity index (χ2v) is 5.45. The lowest BCUT2D eigenvalue weighted by Gasteiger charge is -2.10. The number of anilines is 1. The molecule has 0 unspecified atom stereocenters. The van der Waals surface area contributed by atoms with Gasteiger partial charge in [-0.3, -0.25) is 9.89 Å². The van der Waals surface area contributed by atoms with Crippen molar-refractivity contribution >= 4 is 11.6 Å². The highest BCUT2D eigenvalue weighted by atomic mass is 16.3. The monoisotopic (exact) mass is 285 g/mol. The van der Waals surface area contributed by atoms with Crippen LogP contribution in [0.25, 0.3) is 0 Å². The minimum Gasteiger partial charge on any atom is -0.508 e. The summed E-state index contributed by atoms with van der Waals surface area (Å²) in [6.07, 6.45) is 6.54. The quantitative estimate of drug-likeness (QED) is 0.793. The van der Waals surface area contributed by atoms with E-state index in [1.54, 1.807) is 18.2 Å². The molecule has 1 aromatic heterocycles. The Bertz CT molecular complexity index is 649. The van der Waals surface area contributed by atoms with E-state index in [1.165, 1.54) is 18.9 Å². The van der Waals surface area contributed by atoms with Crippen molar-refractivity contribution in [3.63, 3.8) is 0 Å². The Morgan fingerprint density at radius 2 is 2.00 bits per heavy atom. The molecule has 1 aliphatic rings. The Labute approximate surface area is 123 Å². The van der Waals surface area contributed by atoms with Gasteiger partial charge in [-0.25, -0.2) is 0 Å². The Hall–Kier alpha value is -2.30. The van der Waals surface area contributed by atoms with Crippen molar-refractivity contribution in [2.24, 2.45) is 0 Å². The van der Waals surface area contributed by atoms with E-state index in [4.69, 9.17) is 0 Å². The van der Waals surface area contributed by atoms with E-state index in [0.29, 0.717) is 11.4 Å². The first kappa shape index (κ1) is 13.7. The smallest absolute Gasteiger partial charge is 0.276 e. The van der Waals surface area contributed by atoms with Crippen LogP contribution in [0.5, 0.6) is 5.75 Å². The number of aromatic nitrogens is 2. The third-order valence-corrected chi connectivity index (χ3v) is 3.88. The second-order valence-electron chi connectivity index (χ2n) is 5.45. The number of aromatic amines is 1. The summed E-state index contributed by atoms with van der Waals surface area (Å²) in [4.78, 5) is 12.4. The lowest BCUT2D eigenvalue weighted by Crippen LogP contribution is -2.15. The molecule has 0 saturated heterocycles. The average molecular weight is 285 g/mol. The first-order chi connectivity index (χ1) is 10.2. The summed E-state index contributed by atoms with van der Waals surface area (Å²) in [5, 5.41) is 19.4. The SMILES string of the molecule is O=C(Nc1cccc(O)c1)c1n[nH]c2c1CCCCCC2. The number of aryl methyl sites for hydroxylation is 1. The van der Waals surface area contributed by atoms with Gasteiger partial charge in [-0.1, -0.05) is 18.9 Å². The molecule has 0 saturated carbocycles. The number of carbonyl (C=O) groups excluding carboxylic acids is 1. The molecule has 3 N–H and O–H groups in total. The van der Waals surface area contributed by atoms with E-state index in [2.05, 4.69) is 15.5 Å². The van der Waals surface area contributed by atoms with Gasteiger partial charge in [0.1, 0.15) is 5.75 Å². The summed E-state index contributed by atoms with van der Waals surface area (Å²) in [6.45, 7) is 0. The van der Waals surface area contributed by atoms with Gasteiger partial charge in [-0.15, -0.1) is 0 Å². The van der Waals surface area contributed by atoms with Crippen molar-refractivity contribution in [2.45, 2.75) is 38.5 Å². The van der Waals surface area contributed by atoms with Crippen LogP contribution in [0, 0.1) is 0 Å². The predicted octanol–water partition coefficient (Wildman–Crippen LogP) is 3.03.